The molecule has 112 valence electrons. The first-order valence-corrected chi connectivity index (χ1v) is 7.48. The number of carbonyl (C=O) groups is 1. The smallest absolute Gasteiger partial charge is 0.307 e. The number of rotatable bonds is 6. The Balaban J connectivity index is 2.22. The highest BCUT2D eigenvalue weighted by molar-refractivity contribution is 5.83. The van der Waals surface area contributed by atoms with Crippen LogP contribution in [0.5, 0.6) is 0 Å². The summed E-state index contributed by atoms with van der Waals surface area (Å²) in [7, 11) is 0. The molecule has 2 rings (SSSR count). The molecule has 0 aliphatic heterocycles. The first-order valence-electron chi connectivity index (χ1n) is 7.48. The van der Waals surface area contributed by atoms with Crippen molar-refractivity contribution in [1.29, 1.82) is 0 Å². The van der Waals surface area contributed by atoms with E-state index >= 15 is 0 Å². The van der Waals surface area contributed by atoms with Crippen molar-refractivity contribution in [3.8, 4) is 0 Å². The molecule has 3 nitrogen and oxygen atoms in total. The predicted octanol–water partition coefficient (Wildman–Crippen LogP) is 3.94. The van der Waals surface area contributed by atoms with Crippen molar-refractivity contribution in [3.63, 3.8) is 0 Å². The van der Waals surface area contributed by atoms with E-state index in [-0.39, 0.29) is 12.0 Å². The van der Waals surface area contributed by atoms with Crippen LogP contribution >= 0.6 is 0 Å². The van der Waals surface area contributed by atoms with Gasteiger partial charge in [0.1, 0.15) is 0 Å². The second-order valence-electron chi connectivity index (χ2n) is 5.61. The Morgan fingerprint density at radius 1 is 1.14 bits per heavy atom. The lowest BCUT2D eigenvalue weighted by atomic mass is 10.0. The molecule has 0 spiro atoms. The molecule has 0 amide bonds. The third-order valence-electron chi connectivity index (χ3n) is 4.14. The number of aliphatic carboxylic acids is 1. The second-order valence-corrected chi connectivity index (χ2v) is 5.61. The number of carboxylic acid groups (broad SMARTS) is 1. The van der Waals surface area contributed by atoms with Gasteiger partial charge in [0.05, 0.1) is 5.92 Å². The molecule has 0 fully saturated rings. The number of carboxylic acids is 1. The molecule has 1 N–H and O–H groups in total. The zero-order chi connectivity index (χ0) is 15.4. The third-order valence-corrected chi connectivity index (χ3v) is 4.14. The van der Waals surface area contributed by atoms with Crippen molar-refractivity contribution >= 4 is 16.7 Å². The minimum atomic E-state index is -0.737. The maximum atomic E-state index is 11.1. The third kappa shape index (κ3) is 3.61. The Morgan fingerprint density at radius 2 is 1.81 bits per heavy atom. The first-order chi connectivity index (χ1) is 10.0. The van der Waals surface area contributed by atoms with Gasteiger partial charge in [-0.2, -0.15) is 0 Å². The van der Waals surface area contributed by atoms with E-state index in [1.807, 2.05) is 12.1 Å². The topological polar surface area (TPSA) is 40.5 Å². The van der Waals surface area contributed by atoms with Crippen LogP contribution in [0.2, 0.25) is 0 Å². The fraction of sp³-hybridized carbons (Fsp3) is 0.389. The molecule has 3 heteroatoms. The highest BCUT2D eigenvalue weighted by atomic mass is 16.4. The van der Waals surface area contributed by atoms with Gasteiger partial charge in [0.2, 0.25) is 0 Å². The molecule has 2 aromatic rings. The number of hydrogen-bond acceptors (Lipinski definition) is 2. The van der Waals surface area contributed by atoms with Crippen LogP contribution in [0.1, 0.15) is 32.4 Å². The van der Waals surface area contributed by atoms with Crippen LogP contribution < -0.4 is 0 Å². The van der Waals surface area contributed by atoms with Crippen LogP contribution in [0.25, 0.3) is 10.8 Å². The quantitative estimate of drug-likeness (QED) is 0.874. The van der Waals surface area contributed by atoms with Gasteiger partial charge >= 0.3 is 5.97 Å². The summed E-state index contributed by atoms with van der Waals surface area (Å²) in [6, 6.07) is 15.0. The summed E-state index contributed by atoms with van der Waals surface area (Å²) in [6.45, 7) is 7.39. The van der Waals surface area contributed by atoms with Gasteiger partial charge in [-0.25, -0.2) is 0 Å². The number of hydrogen-bond donors (Lipinski definition) is 1. The molecular weight excluding hydrogens is 262 g/mol. The van der Waals surface area contributed by atoms with Crippen LogP contribution in [0.15, 0.2) is 42.5 Å². The molecule has 0 heterocycles. The Labute approximate surface area is 126 Å². The summed E-state index contributed by atoms with van der Waals surface area (Å²) in [5.74, 6) is -1.09. The summed E-state index contributed by atoms with van der Waals surface area (Å²) < 4.78 is 0. The highest BCUT2D eigenvalue weighted by Crippen LogP contribution is 2.25. The van der Waals surface area contributed by atoms with Gasteiger partial charge in [0, 0.05) is 12.6 Å². The van der Waals surface area contributed by atoms with Crippen molar-refractivity contribution in [2.45, 2.75) is 26.8 Å². The maximum Gasteiger partial charge on any atom is 0.307 e. The van der Waals surface area contributed by atoms with Crippen molar-refractivity contribution in [2.75, 3.05) is 13.1 Å². The number of nitrogens with zero attached hydrogens (tertiary/aromatic N) is 1. The molecule has 0 saturated heterocycles. The zero-order valence-corrected chi connectivity index (χ0v) is 12.9. The van der Waals surface area contributed by atoms with Gasteiger partial charge in [-0.3, -0.25) is 9.69 Å². The lowest BCUT2D eigenvalue weighted by Gasteiger charge is -2.29. The van der Waals surface area contributed by atoms with E-state index in [1.54, 1.807) is 6.92 Å². The molecular formula is C18H23NO2. The standard InChI is InChI=1S/C18H23NO2/c1-4-19(12-13(2)18(20)21)14(3)16-10-9-15-7-5-6-8-17(15)11-16/h5-11,13-14H,4,12H2,1-3H3,(H,20,21). The van der Waals surface area contributed by atoms with Gasteiger partial charge in [-0.1, -0.05) is 50.2 Å². The SMILES string of the molecule is CCN(CC(C)C(=O)O)C(C)c1ccc2ccccc2c1. The Bertz CT molecular complexity index is 623. The second kappa shape index (κ2) is 6.72. The summed E-state index contributed by atoms with van der Waals surface area (Å²) in [5, 5.41) is 11.6. The molecule has 0 bridgehead atoms. The van der Waals surface area contributed by atoms with Crippen molar-refractivity contribution < 1.29 is 9.90 Å². The van der Waals surface area contributed by atoms with E-state index in [0.29, 0.717) is 6.54 Å². The minimum absolute atomic E-state index is 0.210. The molecule has 0 radical (unpaired) electrons. The van der Waals surface area contributed by atoms with E-state index in [0.717, 1.165) is 6.54 Å². The Morgan fingerprint density at radius 3 is 2.43 bits per heavy atom. The molecule has 2 atom stereocenters. The van der Waals surface area contributed by atoms with Crippen LogP contribution in [-0.2, 0) is 4.79 Å². The highest BCUT2D eigenvalue weighted by Gasteiger charge is 2.20. The Kier molecular flexibility index (Phi) is 4.97. The van der Waals surface area contributed by atoms with E-state index in [1.165, 1.54) is 16.3 Å². The summed E-state index contributed by atoms with van der Waals surface area (Å²) >= 11 is 0. The maximum absolute atomic E-state index is 11.1. The number of benzene rings is 2. The average Bonchev–Trinajstić information content (AvgIpc) is 2.51. The van der Waals surface area contributed by atoms with Gasteiger partial charge < -0.3 is 5.11 Å². The van der Waals surface area contributed by atoms with Gasteiger partial charge in [0.15, 0.2) is 0 Å². The Hall–Kier alpha value is -1.87. The van der Waals surface area contributed by atoms with E-state index < -0.39 is 5.97 Å². The molecule has 2 aromatic carbocycles. The van der Waals surface area contributed by atoms with Crippen molar-refractivity contribution in [2.24, 2.45) is 5.92 Å². The predicted molar refractivity (Wildman–Crippen MR) is 86.4 cm³/mol. The number of fused-ring (bicyclic) bond motifs is 1. The van der Waals surface area contributed by atoms with Crippen molar-refractivity contribution in [3.05, 3.63) is 48.0 Å². The molecule has 0 aromatic heterocycles. The summed E-state index contributed by atoms with van der Waals surface area (Å²) in [5.41, 5.74) is 1.23. The average molecular weight is 285 g/mol. The molecule has 21 heavy (non-hydrogen) atoms. The fourth-order valence-electron chi connectivity index (χ4n) is 2.67. The van der Waals surface area contributed by atoms with E-state index in [2.05, 4.69) is 49.1 Å². The molecule has 0 saturated carbocycles. The van der Waals surface area contributed by atoms with Gasteiger partial charge in [-0.05, 0) is 35.9 Å². The largest absolute Gasteiger partial charge is 0.481 e. The zero-order valence-electron chi connectivity index (χ0n) is 12.9. The fourth-order valence-corrected chi connectivity index (χ4v) is 2.67. The van der Waals surface area contributed by atoms with Gasteiger partial charge in [-0.15, -0.1) is 0 Å². The van der Waals surface area contributed by atoms with Crippen LogP contribution in [-0.4, -0.2) is 29.1 Å². The molecule has 0 aliphatic carbocycles. The molecule has 2 unspecified atom stereocenters. The van der Waals surface area contributed by atoms with Crippen molar-refractivity contribution in [1.82, 2.24) is 4.90 Å². The lowest BCUT2D eigenvalue weighted by molar-refractivity contribution is -0.141. The molecule has 0 aliphatic rings. The van der Waals surface area contributed by atoms with Gasteiger partial charge in [0.25, 0.3) is 0 Å². The summed E-state index contributed by atoms with van der Waals surface area (Å²) in [4.78, 5) is 13.3. The van der Waals surface area contributed by atoms with E-state index in [9.17, 15) is 4.79 Å². The van der Waals surface area contributed by atoms with Crippen LogP contribution in [0.3, 0.4) is 0 Å². The van der Waals surface area contributed by atoms with Crippen LogP contribution in [0, 0.1) is 5.92 Å². The summed E-state index contributed by atoms with van der Waals surface area (Å²) in [6.07, 6.45) is 0. The normalized spacial score (nSPS) is 14.3. The van der Waals surface area contributed by atoms with E-state index in [4.69, 9.17) is 5.11 Å². The monoisotopic (exact) mass is 285 g/mol. The first kappa shape index (κ1) is 15.5. The minimum Gasteiger partial charge on any atom is -0.481 e. The lowest BCUT2D eigenvalue weighted by Crippen LogP contribution is -2.33. The van der Waals surface area contributed by atoms with Crippen LogP contribution in [0.4, 0.5) is 0 Å².